The smallest absolute Gasteiger partial charge is 0.327 e. The second kappa shape index (κ2) is 7.04. The van der Waals surface area contributed by atoms with Crippen molar-refractivity contribution in [2.45, 2.75) is 26.3 Å². The van der Waals surface area contributed by atoms with E-state index in [1.807, 2.05) is 7.05 Å². The molecule has 1 N–H and O–H groups in total. The molecule has 0 atom stereocenters. The predicted octanol–water partition coefficient (Wildman–Crippen LogP) is 2.88. The number of nitro benzene ring substituents is 1. The summed E-state index contributed by atoms with van der Waals surface area (Å²) >= 11 is 0. The third kappa shape index (κ3) is 4.48. The van der Waals surface area contributed by atoms with E-state index >= 15 is 0 Å². The molecule has 0 aromatic heterocycles. The highest BCUT2D eigenvalue weighted by Crippen LogP contribution is 2.26. The van der Waals surface area contributed by atoms with Gasteiger partial charge < -0.3 is 10.2 Å². The van der Waals surface area contributed by atoms with Crippen LogP contribution in [0.2, 0.25) is 0 Å². The molecule has 1 aromatic rings. The van der Waals surface area contributed by atoms with E-state index < -0.39 is 16.4 Å². The molecule has 5 nitrogen and oxygen atoms in total. The summed E-state index contributed by atoms with van der Waals surface area (Å²) in [5.41, 5.74) is -0.253. The van der Waals surface area contributed by atoms with Gasteiger partial charge in [-0.25, -0.2) is 0 Å². The number of anilines is 1. The van der Waals surface area contributed by atoms with Gasteiger partial charge in [-0.05, 0) is 46.0 Å². The largest absolute Gasteiger partial charge is 0.379 e. The van der Waals surface area contributed by atoms with Crippen LogP contribution in [0.25, 0.3) is 0 Å². The van der Waals surface area contributed by atoms with E-state index in [9.17, 15) is 14.5 Å². The van der Waals surface area contributed by atoms with Crippen molar-refractivity contribution in [3.8, 4) is 0 Å². The zero-order valence-corrected chi connectivity index (χ0v) is 11.5. The van der Waals surface area contributed by atoms with Gasteiger partial charge in [0, 0.05) is 12.6 Å². The molecule has 1 aromatic carbocycles. The van der Waals surface area contributed by atoms with Crippen LogP contribution in [0, 0.1) is 15.9 Å². The molecular weight excluding hydrogens is 249 g/mol. The van der Waals surface area contributed by atoms with Gasteiger partial charge in [0.2, 0.25) is 5.82 Å². The molecule has 0 radical (unpaired) electrons. The van der Waals surface area contributed by atoms with E-state index in [1.54, 1.807) is 0 Å². The topological polar surface area (TPSA) is 58.4 Å². The molecule has 106 valence electrons. The highest BCUT2D eigenvalue weighted by Gasteiger charge is 2.19. The number of rotatable bonds is 7. The van der Waals surface area contributed by atoms with Gasteiger partial charge in [0.1, 0.15) is 5.69 Å². The standard InChI is InChI=1S/C13H20FN3O2/c1-10(2)16(3)9-5-8-15-12-7-4-6-11(14)13(12)17(18)19/h4,6-7,10,15H,5,8-9H2,1-3H3. The van der Waals surface area contributed by atoms with Crippen LogP contribution in [0.15, 0.2) is 18.2 Å². The van der Waals surface area contributed by atoms with Gasteiger partial charge in [-0.15, -0.1) is 0 Å². The number of hydrogen-bond acceptors (Lipinski definition) is 4. The lowest BCUT2D eigenvalue weighted by atomic mass is 10.2. The number of nitrogens with zero attached hydrogens (tertiary/aromatic N) is 2. The molecule has 0 amide bonds. The van der Waals surface area contributed by atoms with Gasteiger partial charge in [0.15, 0.2) is 0 Å². The maximum Gasteiger partial charge on any atom is 0.327 e. The van der Waals surface area contributed by atoms with Crippen LogP contribution >= 0.6 is 0 Å². The third-order valence-corrected chi connectivity index (χ3v) is 3.05. The molecule has 19 heavy (non-hydrogen) atoms. The van der Waals surface area contributed by atoms with Gasteiger partial charge in [0.05, 0.1) is 4.92 Å². The van der Waals surface area contributed by atoms with Gasteiger partial charge in [-0.3, -0.25) is 10.1 Å². The van der Waals surface area contributed by atoms with Gasteiger partial charge in [-0.2, -0.15) is 4.39 Å². The molecule has 0 bridgehead atoms. The molecule has 0 saturated heterocycles. The first kappa shape index (κ1) is 15.4. The Morgan fingerprint density at radius 2 is 2.16 bits per heavy atom. The number of halogens is 1. The van der Waals surface area contributed by atoms with Gasteiger partial charge >= 0.3 is 5.69 Å². The quantitative estimate of drug-likeness (QED) is 0.470. The second-order valence-corrected chi connectivity index (χ2v) is 4.75. The van der Waals surface area contributed by atoms with Crippen LogP contribution in [-0.4, -0.2) is 36.0 Å². The molecular formula is C13H20FN3O2. The van der Waals surface area contributed by atoms with Crippen LogP contribution in [0.1, 0.15) is 20.3 Å². The fourth-order valence-corrected chi connectivity index (χ4v) is 1.65. The highest BCUT2D eigenvalue weighted by molar-refractivity contribution is 5.61. The lowest BCUT2D eigenvalue weighted by Gasteiger charge is -2.20. The lowest BCUT2D eigenvalue weighted by molar-refractivity contribution is -0.386. The average molecular weight is 269 g/mol. The number of hydrogen-bond donors (Lipinski definition) is 1. The van der Waals surface area contributed by atoms with Crippen molar-refractivity contribution in [1.29, 1.82) is 0 Å². The van der Waals surface area contributed by atoms with Crippen molar-refractivity contribution < 1.29 is 9.31 Å². The Hall–Kier alpha value is -1.69. The third-order valence-electron chi connectivity index (χ3n) is 3.05. The maximum absolute atomic E-state index is 13.4. The maximum atomic E-state index is 13.4. The minimum atomic E-state index is -0.811. The van der Waals surface area contributed by atoms with E-state index in [-0.39, 0.29) is 5.69 Å². The van der Waals surface area contributed by atoms with Crippen molar-refractivity contribution in [2.75, 3.05) is 25.5 Å². The summed E-state index contributed by atoms with van der Waals surface area (Å²) in [6.07, 6.45) is 0.836. The Labute approximate surface area is 112 Å². The minimum absolute atomic E-state index is 0.234. The fraction of sp³-hybridized carbons (Fsp3) is 0.538. The van der Waals surface area contributed by atoms with Crippen molar-refractivity contribution >= 4 is 11.4 Å². The van der Waals surface area contributed by atoms with Gasteiger partial charge in [0.25, 0.3) is 0 Å². The summed E-state index contributed by atoms with van der Waals surface area (Å²) < 4.78 is 13.4. The molecule has 0 saturated carbocycles. The first-order valence-corrected chi connectivity index (χ1v) is 6.30. The fourth-order valence-electron chi connectivity index (χ4n) is 1.65. The minimum Gasteiger partial charge on any atom is -0.379 e. The molecule has 0 aliphatic rings. The number of para-hydroxylation sites is 1. The Balaban J connectivity index is 2.54. The van der Waals surface area contributed by atoms with Crippen molar-refractivity contribution in [3.63, 3.8) is 0 Å². The molecule has 0 aliphatic carbocycles. The number of nitro groups is 1. The SMILES string of the molecule is CC(C)N(C)CCCNc1cccc(F)c1[N+](=O)[O-]. The first-order chi connectivity index (χ1) is 8.93. The molecule has 0 fully saturated rings. The molecule has 0 spiro atoms. The predicted molar refractivity (Wildman–Crippen MR) is 73.9 cm³/mol. The van der Waals surface area contributed by atoms with Crippen LogP contribution in [0.4, 0.5) is 15.8 Å². The zero-order chi connectivity index (χ0) is 14.4. The molecule has 0 unspecified atom stereocenters. The number of benzene rings is 1. The second-order valence-electron chi connectivity index (χ2n) is 4.75. The summed E-state index contributed by atoms with van der Waals surface area (Å²) in [7, 11) is 2.02. The zero-order valence-electron chi connectivity index (χ0n) is 11.5. The molecule has 1 rings (SSSR count). The Morgan fingerprint density at radius 3 is 2.74 bits per heavy atom. The van der Waals surface area contributed by atoms with Crippen molar-refractivity contribution in [1.82, 2.24) is 4.90 Å². The van der Waals surface area contributed by atoms with E-state index in [0.717, 1.165) is 19.0 Å². The van der Waals surface area contributed by atoms with Crippen molar-refractivity contribution in [3.05, 3.63) is 34.1 Å². The normalized spacial score (nSPS) is 11.1. The highest BCUT2D eigenvalue weighted by atomic mass is 19.1. The summed E-state index contributed by atoms with van der Waals surface area (Å²) in [5.74, 6) is -0.811. The summed E-state index contributed by atoms with van der Waals surface area (Å²) in [6, 6.07) is 4.54. The summed E-state index contributed by atoms with van der Waals surface area (Å²) in [4.78, 5) is 12.3. The van der Waals surface area contributed by atoms with Crippen molar-refractivity contribution in [2.24, 2.45) is 0 Å². The molecule has 6 heteroatoms. The molecule has 0 aliphatic heterocycles. The Kier molecular flexibility index (Phi) is 5.69. The van der Waals surface area contributed by atoms with Crippen LogP contribution in [-0.2, 0) is 0 Å². The van der Waals surface area contributed by atoms with Crippen LogP contribution in [0.5, 0.6) is 0 Å². The van der Waals surface area contributed by atoms with Gasteiger partial charge in [-0.1, -0.05) is 6.07 Å². The molecule has 0 heterocycles. The lowest BCUT2D eigenvalue weighted by Crippen LogP contribution is -2.28. The summed E-state index contributed by atoms with van der Waals surface area (Å²) in [5, 5.41) is 13.7. The van der Waals surface area contributed by atoms with E-state index in [0.29, 0.717) is 12.6 Å². The van der Waals surface area contributed by atoms with E-state index in [4.69, 9.17) is 0 Å². The Bertz CT molecular complexity index is 438. The van der Waals surface area contributed by atoms with Crippen LogP contribution < -0.4 is 5.32 Å². The Morgan fingerprint density at radius 1 is 1.47 bits per heavy atom. The van der Waals surface area contributed by atoms with E-state index in [2.05, 4.69) is 24.1 Å². The van der Waals surface area contributed by atoms with Crippen LogP contribution in [0.3, 0.4) is 0 Å². The summed E-state index contributed by atoms with van der Waals surface area (Å²) in [6.45, 7) is 5.66. The van der Waals surface area contributed by atoms with E-state index in [1.165, 1.54) is 12.1 Å². The number of nitrogens with one attached hydrogen (secondary N) is 1. The first-order valence-electron chi connectivity index (χ1n) is 6.30. The monoisotopic (exact) mass is 269 g/mol. The average Bonchev–Trinajstić information content (AvgIpc) is 2.33.